The van der Waals surface area contributed by atoms with E-state index >= 15 is 0 Å². The van der Waals surface area contributed by atoms with Crippen molar-refractivity contribution >= 4 is 50.7 Å². The smallest absolute Gasteiger partial charge is 0.264 e. The first kappa shape index (κ1) is 36.2. The van der Waals surface area contributed by atoms with Crippen LogP contribution in [-0.2, 0) is 26.2 Å². The summed E-state index contributed by atoms with van der Waals surface area (Å²) in [5.74, 6) is 0.154. The first-order valence-corrected chi connectivity index (χ1v) is 17.7. The number of anilines is 1. The lowest BCUT2D eigenvalue weighted by Gasteiger charge is -2.33. The van der Waals surface area contributed by atoms with Gasteiger partial charge < -0.3 is 24.4 Å². The van der Waals surface area contributed by atoms with Crippen molar-refractivity contribution in [3.8, 4) is 17.2 Å². The molecule has 1 aliphatic rings. The van der Waals surface area contributed by atoms with E-state index in [1.54, 1.807) is 49.4 Å². The number of carbonyl (C=O) groups excluding carboxylic acids is 2. The average molecular weight is 707 g/mol. The Labute approximate surface area is 286 Å². The van der Waals surface area contributed by atoms with Crippen molar-refractivity contribution in [1.29, 1.82) is 0 Å². The Hall–Kier alpha value is -3.67. The molecule has 47 heavy (non-hydrogen) atoms. The topological polar surface area (TPSA) is 114 Å². The Bertz CT molecular complexity index is 1650. The molecular weight excluding hydrogens is 665 g/mol. The van der Waals surface area contributed by atoms with Gasteiger partial charge in [0.25, 0.3) is 10.0 Å². The summed E-state index contributed by atoms with van der Waals surface area (Å²) in [4.78, 5) is 29.1. The van der Waals surface area contributed by atoms with Crippen LogP contribution in [0.3, 0.4) is 0 Å². The SMILES string of the molecule is CCOc1ccc(N(CC(=O)N(Cc2ccc(Cl)cc2Cl)C(C)C(=O)NC2CCCCC2)S(=O)(=O)c2ccc(OC)c(OC)c2)cc1. The van der Waals surface area contributed by atoms with E-state index in [1.807, 2.05) is 6.92 Å². The van der Waals surface area contributed by atoms with E-state index in [1.165, 1.54) is 37.3 Å². The van der Waals surface area contributed by atoms with Gasteiger partial charge in [0, 0.05) is 28.7 Å². The number of nitrogens with one attached hydrogen (secondary N) is 1. The zero-order valence-corrected chi connectivity index (χ0v) is 29.3. The Balaban J connectivity index is 1.73. The third-order valence-corrected chi connectivity index (χ3v) is 10.5. The molecule has 4 rings (SSSR count). The fourth-order valence-electron chi connectivity index (χ4n) is 5.49. The van der Waals surface area contributed by atoms with Gasteiger partial charge in [0.2, 0.25) is 11.8 Å². The van der Waals surface area contributed by atoms with Crippen molar-refractivity contribution in [3.05, 3.63) is 76.3 Å². The van der Waals surface area contributed by atoms with Gasteiger partial charge >= 0.3 is 0 Å². The summed E-state index contributed by atoms with van der Waals surface area (Å²) < 4.78 is 45.8. The maximum absolute atomic E-state index is 14.3. The molecule has 0 spiro atoms. The Morgan fingerprint density at radius 2 is 1.62 bits per heavy atom. The van der Waals surface area contributed by atoms with Crippen LogP contribution in [0.4, 0.5) is 5.69 Å². The van der Waals surface area contributed by atoms with Gasteiger partial charge in [-0.25, -0.2) is 8.42 Å². The number of methoxy groups -OCH3 is 2. The van der Waals surface area contributed by atoms with Crippen LogP contribution in [0.15, 0.2) is 65.6 Å². The summed E-state index contributed by atoms with van der Waals surface area (Å²) in [5, 5.41) is 3.82. The van der Waals surface area contributed by atoms with Crippen LogP contribution in [0.5, 0.6) is 17.2 Å². The van der Waals surface area contributed by atoms with Crippen molar-refractivity contribution in [2.75, 3.05) is 31.7 Å². The van der Waals surface area contributed by atoms with Gasteiger partial charge in [-0.1, -0.05) is 48.5 Å². The zero-order valence-electron chi connectivity index (χ0n) is 27.0. The largest absolute Gasteiger partial charge is 0.494 e. The third-order valence-electron chi connectivity index (χ3n) is 8.13. The molecule has 3 aromatic rings. The number of rotatable bonds is 14. The molecule has 0 aromatic heterocycles. The Kier molecular flexibility index (Phi) is 12.6. The number of hydrogen-bond acceptors (Lipinski definition) is 7. The fraction of sp³-hybridized carbons (Fsp3) is 0.412. The average Bonchev–Trinajstić information content (AvgIpc) is 3.07. The van der Waals surface area contributed by atoms with E-state index in [4.69, 9.17) is 37.4 Å². The molecular formula is C34H41Cl2N3O7S. The standard InChI is InChI=1S/C34H41Cl2N3O7S/c1-5-46-28-15-13-27(14-16-28)39(47(42,43)29-17-18-31(44-3)32(20-29)45-4)22-33(40)38(21-24-11-12-25(35)19-30(24)36)23(2)34(41)37-26-9-7-6-8-10-26/h11-20,23,26H,5-10,21-22H2,1-4H3,(H,37,41). The van der Waals surface area contributed by atoms with Crippen LogP contribution < -0.4 is 23.8 Å². The van der Waals surface area contributed by atoms with E-state index in [9.17, 15) is 18.0 Å². The molecule has 0 aliphatic heterocycles. The highest BCUT2D eigenvalue weighted by Gasteiger charge is 2.34. The summed E-state index contributed by atoms with van der Waals surface area (Å²) in [7, 11) is -1.50. The van der Waals surface area contributed by atoms with Crippen LogP contribution in [0.25, 0.3) is 0 Å². The minimum Gasteiger partial charge on any atom is -0.494 e. The number of carbonyl (C=O) groups is 2. The molecule has 1 fully saturated rings. The molecule has 0 radical (unpaired) electrons. The molecule has 0 bridgehead atoms. The van der Waals surface area contributed by atoms with Gasteiger partial charge in [-0.2, -0.15) is 0 Å². The van der Waals surface area contributed by atoms with Crippen molar-refractivity contribution in [2.45, 2.75) is 69.5 Å². The minimum atomic E-state index is -4.36. The van der Waals surface area contributed by atoms with E-state index in [0.717, 1.165) is 36.4 Å². The van der Waals surface area contributed by atoms with E-state index in [2.05, 4.69) is 5.32 Å². The van der Waals surface area contributed by atoms with Crippen LogP contribution in [-0.4, -0.2) is 64.6 Å². The summed E-state index contributed by atoms with van der Waals surface area (Å²) in [6.07, 6.45) is 4.90. The third kappa shape index (κ3) is 9.03. The molecule has 0 heterocycles. The molecule has 1 saturated carbocycles. The Morgan fingerprint density at radius 3 is 2.23 bits per heavy atom. The van der Waals surface area contributed by atoms with Gasteiger partial charge in [0.1, 0.15) is 18.3 Å². The lowest BCUT2D eigenvalue weighted by molar-refractivity contribution is -0.139. The molecule has 13 heteroatoms. The molecule has 1 N–H and O–H groups in total. The second-order valence-corrected chi connectivity index (χ2v) is 13.9. The van der Waals surface area contributed by atoms with E-state index in [0.29, 0.717) is 33.7 Å². The van der Waals surface area contributed by atoms with Gasteiger partial charge in [-0.15, -0.1) is 0 Å². The van der Waals surface area contributed by atoms with Crippen LogP contribution >= 0.6 is 23.2 Å². The number of halogens is 2. The first-order valence-electron chi connectivity index (χ1n) is 15.5. The summed E-state index contributed by atoms with van der Waals surface area (Å²) in [5.41, 5.74) is 0.775. The predicted molar refractivity (Wildman–Crippen MR) is 183 cm³/mol. The lowest BCUT2D eigenvalue weighted by Crippen LogP contribution is -2.53. The van der Waals surface area contributed by atoms with Crippen molar-refractivity contribution in [1.82, 2.24) is 10.2 Å². The maximum Gasteiger partial charge on any atom is 0.264 e. The monoisotopic (exact) mass is 705 g/mol. The highest BCUT2D eigenvalue weighted by Crippen LogP contribution is 2.33. The molecule has 2 amide bonds. The quantitative estimate of drug-likeness (QED) is 0.204. The molecule has 0 saturated heterocycles. The predicted octanol–water partition coefficient (Wildman–Crippen LogP) is 6.47. The summed E-state index contributed by atoms with van der Waals surface area (Å²) in [6, 6.07) is 14.6. The first-order chi connectivity index (χ1) is 22.5. The number of nitrogens with zero attached hydrogens (tertiary/aromatic N) is 2. The van der Waals surface area contributed by atoms with Crippen LogP contribution in [0.1, 0.15) is 51.5 Å². The van der Waals surface area contributed by atoms with Crippen molar-refractivity contribution in [3.63, 3.8) is 0 Å². The van der Waals surface area contributed by atoms with Gasteiger partial charge in [-0.05, 0) is 80.8 Å². The zero-order chi connectivity index (χ0) is 34.1. The fourth-order valence-corrected chi connectivity index (χ4v) is 7.39. The molecule has 1 aliphatic carbocycles. The summed E-state index contributed by atoms with van der Waals surface area (Å²) in [6.45, 7) is 3.23. The van der Waals surface area contributed by atoms with Gasteiger partial charge in [0.15, 0.2) is 11.5 Å². The van der Waals surface area contributed by atoms with Crippen LogP contribution in [0.2, 0.25) is 10.0 Å². The number of amides is 2. The number of ether oxygens (including phenoxy) is 3. The highest BCUT2D eigenvalue weighted by atomic mass is 35.5. The van der Waals surface area contributed by atoms with Crippen molar-refractivity contribution < 1.29 is 32.2 Å². The van der Waals surface area contributed by atoms with E-state index < -0.39 is 28.5 Å². The molecule has 3 aromatic carbocycles. The molecule has 1 unspecified atom stereocenters. The second kappa shape index (κ2) is 16.4. The van der Waals surface area contributed by atoms with Crippen molar-refractivity contribution in [2.24, 2.45) is 0 Å². The normalized spacial score (nSPS) is 14.2. The molecule has 10 nitrogen and oxygen atoms in total. The molecule has 1 atom stereocenters. The number of benzene rings is 3. The number of sulfonamides is 1. The minimum absolute atomic E-state index is 0.0144. The highest BCUT2D eigenvalue weighted by molar-refractivity contribution is 7.92. The van der Waals surface area contributed by atoms with Gasteiger partial charge in [0.05, 0.1) is 31.4 Å². The number of hydrogen-bond donors (Lipinski definition) is 1. The summed E-state index contributed by atoms with van der Waals surface area (Å²) >= 11 is 12.6. The van der Waals surface area contributed by atoms with E-state index in [-0.39, 0.29) is 34.8 Å². The second-order valence-electron chi connectivity index (χ2n) is 11.2. The van der Waals surface area contributed by atoms with Gasteiger partial charge in [-0.3, -0.25) is 13.9 Å². The van der Waals surface area contributed by atoms with Crippen LogP contribution in [0, 0.1) is 0 Å². The lowest BCUT2D eigenvalue weighted by atomic mass is 9.95. The maximum atomic E-state index is 14.3. The molecule has 254 valence electrons. The Morgan fingerprint density at radius 1 is 0.936 bits per heavy atom.